The van der Waals surface area contributed by atoms with Crippen molar-refractivity contribution in [2.75, 3.05) is 4.90 Å². The van der Waals surface area contributed by atoms with Gasteiger partial charge in [-0.1, -0.05) is 42.5 Å². The minimum absolute atomic E-state index is 0.00649. The molecule has 0 spiro atoms. The largest absolute Gasteiger partial charge is 0.303 e. The van der Waals surface area contributed by atoms with Crippen LogP contribution in [0.2, 0.25) is 0 Å². The van der Waals surface area contributed by atoms with Crippen molar-refractivity contribution in [3.05, 3.63) is 99.7 Å². The minimum atomic E-state index is -0.267. The number of thiophene rings is 1. The van der Waals surface area contributed by atoms with Crippen LogP contribution in [0.4, 0.5) is 5.69 Å². The molecule has 0 unspecified atom stereocenters. The second-order valence-corrected chi connectivity index (χ2v) is 8.33. The Morgan fingerprint density at radius 2 is 1.77 bits per heavy atom. The van der Waals surface area contributed by atoms with Crippen molar-refractivity contribution in [3.63, 3.8) is 0 Å². The van der Waals surface area contributed by atoms with E-state index in [-0.39, 0.29) is 11.8 Å². The number of amides is 2. The van der Waals surface area contributed by atoms with Crippen LogP contribution in [0.3, 0.4) is 0 Å². The van der Waals surface area contributed by atoms with Gasteiger partial charge in [-0.3, -0.25) is 9.59 Å². The molecule has 3 aromatic carbocycles. The quantitative estimate of drug-likeness (QED) is 0.352. The number of anilines is 1. The molecule has 1 N–H and O–H groups in total. The number of nitrogens with one attached hydrogen (secondary N) is 1. The maximum Gasteiger partial charge on any atom is 0.271 e. The van der Waals surface area contributed by atoms with Crippen LogP contribution in [-0.4, -0.2) is 17.5 Å². The molecule has 0 saturated heterocycles. The molecule has 2 amide bonds. The van der Waals surface area contributed by atoms with Gasteiger partial charge in [0.2, 0.25) is 0 Å². The van der Waals surface area contributed by atoms with E-state index < -0.39 is 0 Å². The maximum atomic E-state index is 13.0. The number of nitrogens with zero attached hydrogens (tertiary/aromatic N) is 2. The van der Waals surface area contributed by atoms with Crippen molar-refractivity contribution in [2.24, 2.45) is 5.10 Å². The summed E-state index contributed by atoms with van der Waals surface area (Å²) in [6.45, 7) is 2.31. The molecule has 0 radical (unpaired) electrons. The summed E-state index contributed by atoms with van der Waals surface area (Å²) < 4.78 is 0. The van der Waals surface area contributed by atoms with Crippen LogP contribution in [0.15, 0.2) is 83.3 Å². The number of hydrogen-bond donors (Lipinski definition) is 1. The summed E-state index contributed by atoms with van der Waals surface area (Å²) in [5, 5.41) is 8.22. The lowest BCUT2D eigenvalue weighted by Gasteiger charge is -2.18. The van der Waals surface area contributed by atoms with Crippen molar-refractivity contribution in [2.45, 2.75) is 13.5 Å². The van der Waals surface area contributed by atoms with Gasteiger partial charge in [0.1, 0.15) is 0 Å². The second kappa shape index (κ2) is 7.81. The average molecular weight is 426 g/mol. The molecule has 5 rings (SSSR count). The van der Waals surface area contributed by atoms with Crippen LogP contribution in [0.25, 0.3) is 10.8 Å². The molecule has 0 bridgehead atoms. The predicted octanol–water partition coefficient (Wildman–Crippen LogP) is 5.22. The number of hydrogen-bond acceptors (Lipinski definition) is 4. The molecule has 0 atom stereocenters. The molecule has 1 aromatic heterocycles. The van der Waals surface area contributed by atoms with Gasteiger partial charge in [0.25, 0.3) is 11.8 Å². The van der Waals surface area contributed by atoms with Gasteiger partial charge in [-0.2, -0.15) is 5.10 Å². The van der Waals surface area contributed by atoms with E-state index in [2.05, 4.69) is 10.5 Å². The Morgan fingerprint density at radius 1 is 1.00 bits per heavy atom. The number of carbonyl (C=O) groups is 2. The highest BCUT2D eigenvalue weighted by Gasteiger charge is 2.29. The summed E-state index contributed by atoms with van der Waals surface area (Å²) in [7, 11) is 0. The summed E-state index contributed by atoms with van der Waals surface area (Å²) in [6, 6.07) is 23.0. The number of carbonyl (C=O) groups excluding carboxylic acids is 2. The number of benzene rings is 3. The first-order valence-electron chi connectivity index (χ1n) is 9.93. The average Bonchev–Trinajstić information content (AvgIpc) is 3.43. The van der Waals surface area contributed by atoms with E-state index in [0.29, 0.717) is 12.1 Å². The highest BCUT2D eigenvalue weighted by Crippen LogP contribution is 2.37. The first-order chi connectivity index (χ1) is 15.1. The lowest BCUT2D eigenvalue weighted by Crippen LogP contribution is -2.26. The molecule has 6 heteroatoms. The van der Waals surface area contributed by atoms with E-state index in [9.17, 15) is 9.59 Å². The van der Waals surface area contributed by atoms with E-state index in [1.807, 2.05) is 73.0 Å². The van der Waals surface area contributed by atoms with Gasteiger partial charge in [-0.15, -0.1) is 11.3 Å². The zero-order valence-corrected chi connectivity index (χ0v) is 17.6. The van der Waals surface area contributed by atoms with Crippen molar-refractivity contribution < 1.29 is 9.59 Å². The van der Waals surface area contributed by atoms with Crippen LogP contribution in [0, 0.1) is 0 Å². The Hall–Kier alpha value is -3.77. The second-order valence-electron chi connectivity index (χ2n) is 7.38. The van der Waals surface area contributed by atoms with Gasteiger partial charge in [-0.05, 0) is 53.6 Å². The Labute approximate surface area is 183 Å². The van der Waals surface area contributed by atoms with Crippen molar-refractivity contribution in [3.8, 4) is 0 Å². The number of rotatable bonds is 5. The molecule has 5 nitrogen and oxygen atoms in total. The third-order valence-corrected chi connectivity index (χ3v) is 6.39. The summed E-state index contributed by atoms with van der Waals surface area (Å²) in [5.74, 6) is -0.260. The topological polar surface area (TPSA) is 61.8 Å². The smallest absolute Gasteiger partial charge is 0.271 e. The fourth-order valence-corrected chi connectivity index (χ4v) is 4.50. The van der Waals surface area contributed by atoms with Crippen LogP contribution in [-0.2, 0) is 6.54 Å². The first-order valence-corrected chi connectivity index (χ1v) is 10.8. The zero-order chi connectivity index (χ0) is 21.4. The van der Waals surface area contributed by atoms with E-state index in [1.165, 1.54) is 0 Å². The van der Waals surface area contributed by atoms with Crippen LogP contribution in [0.5, 0.6) is 0 Å². The van der Waals surface area contributed by atoms with Gasteiger partial charge in [0.05, 0.1) is 17.9 Å². The SMILES string of the molecule is CC(=NNC(=O)c1ccc(CN2C(=O)c3cccc4cccc2c34)cc1)c1cccs1. The van der Waals surface area contributed by atoms with Gasteiger partial charge in [0.15, 0.2) is 0 Å². The molecular weight excluding hydrogens is 406 g/mol. The molecule has 1 aliphatic rings. The standard InChI is InChI=1S/C25H19N3O2S/c1-16(22-9-4-14-31-22)26-27-24(29)19-12-10-17(11-13-19)15-28-21-8-3-6-18-5-2-7-20(23(18)21)25(28)30/h2-14H,15H2,1H3,(H,27,29). The molecule has 2 heterocycles. The molecule has 0 fully saturated rings. The highest BCUT2D eigenvalue weighted by molar-refractivity contribution is 7.12. The zero-order valence-electron chi connectivity index (χ0n) is 16.8. The van der Waals surface area contributed by atoms with Gasteiger partial charge >= 0.3 is 0 Å². The van der Waals surface area contributed by atoms with Crippen molar-refractivity contribution >= 4 is 45.3 Å². The third kappa shape index (κ3) is 3.51. The first kappa shape index (κ1) is 19.2. The third-order valence-electron chi connectivity index (χ3n) is 5.41. The lowest BCUT2D eigenvalue weighted by atomic mass is 10.1. The van der Waals surface area contributed by atoms with E-state index >= 15 is 0 Å². The summed E-state index contributed by atoms with van der Waals surface area (Å²) >= 11 is 1.58. The van der Waals surface area contributed by atoms with Crippen LogP contribution >= 0.6 is 11.3 Å². The molecule has 1 aliphatic heterocycles. The minimum Gasteiger partial charge on any atom is -0.303 e. The van der Waals surface area contributed by atoms with Crippen molar-refractivity contribution in [1.29, 1.82) is 0 Å². The Morgan fingerprint density at radius 3 is 2.52 bits per heavy atom. The Balaban J connectivity index is 1.31. The summed E-state index contributed by atoms with van der Waals surface area (Å²) in [4.78, 5) is 28.2. The van der Waals surface area contributed by atoms with Gasteiger partial charge in [-0.25, -0.2) is 5.43 Å². The van der Waals surface area contributed by atoms with E-state index in [0.717, 1.165) is 38.2 Å². The monoisotopic (exact) mass is 425 g/mol. The maximum absolute atomic E-state index is 13.0. The number of hydrazone groups is 1. The Bertz CT molecular complexity index is 1320. The fraction of sp³-hybridized carbons (Fsp3) is 0.0800. The van der Waals surface area contributed by atoms with E-state index in [1.54, 1.807) is 28.4 Å². The fourth-order valence-electron chi connectivity index (χ4n) is 3.82. The molecule has 31 heavy (non-hydrogen) atoms. The lowest BCUT2D eigenvalue weighted by molar-refractivity contribution is 0.0953. The molecule has 0 saturated carbocycles. The molecule has 0 aliphatic carbocycles. The van der Waals surface area contributed by atoms with E-state index in [4.69, 9.17) is 0 Å². The summed E-state index contributed by atoms with van der Waals surface area (Å²) in [5.41, 5.74) is 6.51. The van der Waals surface area contributed by atoms with Crippen LogP contribution < -0.4 is 10.3 Å². The highest BCUT2D eigenvalue weighted by atomic mass is 32.1. The molecular formula is C25H19N3O2S. The predicted molar refractivity (Wildman–Crippen MR) is 125 cm³/mol. The molecule has 4 aromatic rings. The van der Waals surface area contributed by atoms with Crippen molar-refractivity contribution in [1.82, 2.24) is 5.43 Å². The molecule has 152 valence electrons. The van der Waals surface area contributed by atoms with Crippen LogP contribution in [0.1, 0.15) is 38.1 Å². The van der Waals surface area contributed by atoms with Gasteiger partial charge < -0.3 is 4.90 Å². The normalized spacial score (nSPS) is 13.1. The van der Waals surface area contributed by atoms with Gasteiger partial charge in [0, 0.05) is 21.4 Å². The summed E-state index contributed by atoms with van der Waals surface area (Å²) in [6.07, 6.45) is 0. The Kier molecular flexibility index (Phi) is 4.84.